The summed E-state index contributed by atoms with van der Waals surface area (Å²) in [5.74, 6) is 0.390. The Labute approximate surface area is 179 Å². The van der Waals surface area contributed by atoms with E-state index in [2.05, 4.69) is 19.9 Å². The molecule has 0 aromatic heterocycles. The van der Waals surface area contributed by atoms with Crippen molar-refractivity contribution in [3.8, 4) is 6.07 Å². The first-order valence-corrected chi connectivity index (χ1v) is 12.1. The molecular formula is C22H31N3O4S. The summed E-state index contributed by atoms with van der Waals surface area (Å²) in [4.78, 5) is 15.1. The highest BCUT2D eigenvalue weighted by atomic mass is 32.2. The maximum atomic E-state index is 13.3. The molecule has 2 atom stereocenters. The van der Waals surface area contributed by atoms with Crippen LogP contribution >= 0.6 is 0 Å². The van der Waals surface area contributed by atoms with Gasteiger partial charge in [-0.1, -0.05) is 19.9 Å². The van der Waals surface area contributed by atoms with Crippen molar-refractivity contribution < 1.29 is 17.9 Å². The van der Waals surface area contributed by atoms with Gasteiger partial charge in [0.05, 0.1) is 17.4 Å². The third-order valence-corrected chi connectivity index (χ3v) is 7.74. The topological polar surface area (TPSA) is 90.7 Å². The van der Waals surface area contributed by atoms with Gasteiger partial charge >= 0.3 is 0 Å². The monoisotopic (exact) mass is 433 g/mol. The van der Waals surface area contributed by atoms with E-state index in [9.17, 15) is 13.2 Å². The van der Waals surface area contributed by atoms with E-state index in [1.54, 1.807) is 27.4 Å². The van der Waals surface area contributed by atoms with Gasteiger partial charge in [-0.05, 0) is 49.3 Å². The Morgan fingerprint density at radius 2 is 1.90 bits per heavy atom. The van der Waals surface area contributed by atoms with E-state index < -0.39 is 10.0 Å². The van der Waals surface area contributed by atoms with Gasteiger partial charge in [0, 0.05) is 44.5 Å². The number of rotatable bonds is 6. The van der Waals surface area contributed by atoms with Crippen molar-refractivity contribution in [2.45, 2.75) is 50.5 Å². The number of ether oxygens (including phenoxy) is 1. The third kappa shape index (κ3) is 5.20. The minimum Gasteiger partial charge on any atom is -0.381 e. The first-order chi connectivity index (χ1) is 14.3. The van der Waals surface area contributed by atoms with Crippen LogP contribution in [0.3, 0.4) is 0 Å². The van der Waals surface area contributed by atoms with E-state index in [1.165, 1.54) is 6.07 Å². The summed E-state index contributed by atoms with van der Waals surface area (Å²) in [6, 6.07) is 8.43. The van der Waals surface area contributed by atoms with Gasteiger partial charge in [-0.15, -0.1) is 0 Å². The fraction of sp³-hybridized carbons (Fsp3) is 0.636. The molecule has 2 aliphatic heterocycles. The smallest absolute Gasteiger partial charge is 0.254 e. The van der Waals surface area contributed by atoms with Crippen LogP contribution in [0.15, 0.2) is 29.2 Å². The molecule has 1 aromatic carbocycles. The van der Waals surface area contributed by atoms with E-state index >= 15 is 0 Å². The summed E-state index contributed by atoms with van der Waals surface area (Å²) in [5.41, 5.74) is 0.346. The Bertz CT molecular complexity index is 880. The second-order valence-electron chi connectivity index (χ2n) is 8.55. The number of piperidine rings is 1. The fourth-order valence-electron chi connectivity index (χ4n) is 4.52. The van der Waals surface area contributed by atoms with Gasteiger partial charge in [-0.2, -0.15) is 9.57 Å². The minimum atomic E-state index is -3.66. The summed E-state index contributed by atoms with van der Waals surface area (Å²) < 4.78 is 33.4. The quantitative estimate of drug-likeness (QED) is 0.688. The van der Waals surface area contributed by atoms with Crippen molar-refractivity contribution in [1.82, 2.24) is 9.21 Å². The zero-order valence-electron chi connectivity index (χ0n) is 17.8. The molecule has 1 amide bonds. The van der Waals surface area contributed by atoms with Crippen molar-refractivity contribution in [3.05, 3.63) is 29.8 Å². The first-order valence-electron chi connectivity index (χ1n) is 10.7. The minimum absolute atomic E-state index is 0.00339. The lowest BCUT2D eigenvalue weighted by Gasteiger charge is -2.35. The molecule has 3 rings (SSSR count). The number of carbonyl (C=O) groups excluding carboxylic acids is 1. The lowest BCUT2D eigenvalue weighted by molar-refractivity contribution is 0.0296. The van der Waals surface area contributed by atoms with Gasteiger partial charge in [0.25, 0.3) is 5.91 Å². The van der Waals surface area contributed by atoms with Crippen LogP contribution in [-0.2, 0) is 14.8 Å². The normalized spacial score (nSPS) is 23.6. The second-order valence-corrected chi connectivity index (χ2v) is 10.5. The zero-order valence-corrected chi connectivity index (χ0v) is 18.6. The van der Waals surface area contributed by atoms with E-state index in [1.807, 2.05) is 0 Å². The molecule has 0 radical (unpaired) electrons. The van der Waals surface area contributed by atoms with Crippen LogP contribution in [0.4, 0.5) is 0 Å². The molecule has 0 aliphatic carbocycles. The lowest BCUT2D eigenvalue weighted by atomic mass is 9.94. The molecule has 2 fully saturated rings. The Hall–Kier alpha value is -1.95. The van der Waals surface area contributed by atoms with E-state index in [0.717, 1.165) is 19.3 Å². The van der Waals surface area contributed by atoms with Crippen LogP contribution in [0.1, 0.15) is 49.9 Å². The van der Waals surface area contributed by atoms with Gasteiger partial charge in [0.15, 0.2) is 0 Å². The molecule has 0 bridgehead atoms. The van der Waals surface area contributed by atoms with Gasteiger partial charge in [-0.25, -0.2) is 8.42 Å². The Morgan fingerprint density at radius 3 is 2.53 bits per heavy atom. The lowest BCUT2D eigenvalue weighted by Crippen LogP contribution is -2.44. The van der Waals surface area contributed by atoms with E-state index in [4.69, 9.17) is 10.00 Å². The molecule has 2 aliphatic rings. The number of carbonyl (C=O) groups is 1. The summed E-state index contributed by atoms with van der Waals surface area (Å²) >= 11 is 0. The van der Waals surface area contributed by atoms with Gasteiger partial charge in [0.2, 0.25) is 10.0 Å². The molecule has 2 saturated heterocycles. The van der Waals surface area contributed by atoms with Gasteiger partial charge in [-0.3, -0.25) is 4.79 Å². The fourth-order valence-corrected chi connectivity index (χ4v) is 6.25. The highest BCUT2D eigenvalue weighted by Crippen LogP contribution is 2.27. The molecule has 1 aromatic rings. The predicted octanol–water partition coefficient (Wildman–Crippen LogP) is 2.89. The molecule has 2 heterocycles. The molecule has 164 valence electrons. The van der Waals surface area contributed by atoms with Crippen molar-refractivity contribution in [1.29, 1.82) is 5.26 Å². The van der Waals surface area contributed by atoms with Crippen LogP contribution in [0, 0.1) is 23.2 Å². The van der Waals surface area contributed by atoms with Crippen LogP contribution < -0.4 is 0 Å². The summed E-state index contributed by atoms with van der Waals surface area (Å²) in [6.45, 7) is 6.64. The summed E-state index contributed by atoms with van der Waals surface area (Å²) in [7, 11) is -3.66. The van der Waals surface area contributed by atoms with Gasteiger partial charge in [0.1, 0.15) is 0 Å². The number of amides is 1. The second kappa shape index (κ2) is 9.90. The molecule has 7 nitrogen and oxygen atoms in total. The van der Waals surface area contributed by atoms with Crippen molar-refractivity contribution in [2.75, 3.05) is 32.8 Å². The summed E-state index contributed by atoms with van der Waals surface area (Å²) in [6.07, 6.45) is 2.70. The third-order valence-electron chi connectivity index (χ3n) is 5.91. The van der Waals surface area contributed by atoms with Gasteiger partial charge < -0.3 is 9.64 Å². The molecule has 0 N–H and O–H groups in total. The highest BCUT2D eigenvalue weighted by Gasteiger charge is 2.33. The number of hydrogen-bond acceptors (Lipinski definition) is 5. The Kier molecular flexibility index (Phi) is 7.50. The van der Waals surface area contributed by atoms with E-state index in [0.29, 0.717) is 50.2 Å². The Morgan fingerprint density at radius 1 is 1.23 bits per heavy atom. The summed E-state index contributed by atoms with van der Waals surface area (Å²) in [5, 5.41) is 9.01. The van der Waals surface area contributed by atoms with Crippen molar-refractivity contribution >= 4 is 15.9 Å². The molecule has 2 unspecified atom stereocenters. The average molecular weight is 434 g/mol. The molecule has 0 spiro atoms. The van der Waals surface area contributed by atoms with Crippen LogP contribution in [0.5, 0.6) is 0 Å². The van der Waals surface area contributed by atoms with E-state index in [-0.39, 0.29) is 23.3 Å². The number of nitriles is 1. The van der Waals surface area contributed by atoms with Crippen molar-refractivity contribution in [3.63, 3.8) is 0 Å². The maximum absolute atomic E-state index is 13.3. The number of nitrogens with zero attached hydrogens (tertiary/aromatic N) is 3. The van der Waals surface area contributed by atoms with Crippen LogP contribution in [-0.4, -0.2) is 62.4 Å². The van der Waals surface area contributed by atoms with Crippen LogP contribution in [0.2, 0.25) is 0 Å². The largest absolute Gasteiger partial charge is 0.381 e. The average Bonchev–Trinajstić information content (AvgIpc) is 2.74. The molecule has 0 saturated carbocycles. The number of benzene rings is 1. The van der Waals surface area contributed by atoms with Crippen LogP contribution in [0.25, 0.3) is 0 Å². The Balaban J connectivity index is 1.85. The number of hydrogen-bond donors (Lipinski definition) is 0. The maximum Gasteiger partial charge on any atom is 0.254 e. The SMILES string of the molecule is CC1CC(C)CN(S(=O)(=O)c2cccc(C(=O)N(CCC#N)C3CCOCC3)c2)C1. The molecule has 30 heavy (non-hydrogen) atoms. The zero-order chi connectivity index (χ0) is 21.7. The highest BCUT2D eigenvalue weighted by molar-refractivity contribution is 7.89. The predicted molar refractivity (Wildman–Crippen MR) is 113 cm³/mol. The number of sulfonamides is 1. The standard InChI is InChI=1S/C22H31N3O4S/c1-17-13-18(2)16-24(15-17)30(27,28)21-6-3-5-19(14-21)22(26)25(10-4-9-23)20-7-11-29-12-8-20/h3,5-6,14,17-18,20H,4,7-8,10-13,15-16H2,1-2H3. The first kappa shape index (κ1) is 22.7. The molecule has 8 heteroatoms. The van der Waals surface area contributed by atoms with Crippen molar-refractivity contribution in [2.24, 2.45) is 11.8 Å². The molecular weight excluding hydrogens is 402 g/mol.